The monoisotopic (exact) mass is 202 g/mol. The molecule has 15 heavy (non-hydrogen) atoms. The van der Waals surface area contributed by atoms with Crippen LogP contribution in [-0.2, 0) is 0 Å². The summed E-state index contributed by atoms with van der Waals surface area (Å²) < 4.78 is 0. The highest BCUT2D eigenvalue weighted by Crippen LogP contribution is 2.16. The van der Waals surface area contributed by atoms with Gasteiger partial charge in [-0.05, 0) is 25.0 Å². The van der Waals surface area contributed by atoms with E-state index >= 15 is 0 Å². The number of nitriles is 1. The molecular weight excluding hydrogens is 184 g/mol. The second-order valence-electron chi connectivity index (χ2n) is 3.88. The lowest BCUT2D eigenvalue weighted by molar-refractivity contribution is 0.216. The van der Waals surface area contributed by atoms with Gasteiger partial charge < -0.3 is 0 Å². The Morgan fingerprint density at radius 1 is 1.53 bits per heavy atom. The molecule has 0 aromatic carbocycles. The van der Waals surface area contributed by atoms with Crippen LogP contribution in [0, 0.1) is 17.2 Å². The Balaban J connectivity index is 2.50. The van der Waals surface area contributed by atoms with Gasteiger partial charge >= 0.3 is 0 Å². The molecule has 0 aromatic heterocycles. The summed E-state index contributed by atoms with van der Waals surface area (Å²) in [5, 5.41) is 8.88. The molecule has 0 aromatic rings. The highest BCUT2D eigenvalue weighted by Gasteiger charge is 2.19. The molecule has 0 N–H and O–H groups in total. The minimum atomic E-state index is 0.202. The van der Waals surface area contributed by atoms with E-state index in [0.29, 0.717) is 0 Å². The first-order valence-electron chi connectivity index (χ1n) is 5.36. The van der Waals surface area contributed by atoms with Crippen LogP contribution in [0.1, 0.15) is 12.8 Å². The van der Waals surface area contributed by atoms with Gasteiger partial charge in [0.15, 0.2) is 0 Å². The molecule has 0 radical (unpaired) electrons. The topological polar surface area (TPSA) is 27.0 Å². The Morgan fingerprint density at radius 3 is 2.93 bits per heavy atom. The van der Waals surface area contributed by atoms with Crippen molar-refractivity contribution in [3.63, 3.8) is 0 Å². The van der Waals surface area contributed by atoms with Crippen LogP contribution in [-0.4, -0.2) is 24.5 Å². The lowest BCUT2D eigenvalue weighted by Gasteiger charge is -2.29. The van der Waals surface area contributed by atoms with Gasteiger partial charge in [-0.15, -0.1) is 0 Å². The van der Waals surface area contributed by atoms with Crippen LogP contribution in [0.3, 0.4) is 0 Å². The van der Waals surface area contributed by atoms with Crippen molar-refractivity contribution in [3.8, 4) is 6.07 Å². The minimum Gasteiger partial charge on any atom is -0.298 e. The second kappa shape index (κ2) is 6.21. The quantitative estimate of drug-likeness (QED) is 0.655. The van der Waals surface area contributed by atoms with Crippen molar-refractivity contribution in [2.45, 2.75) is 12.8 Å². The van der Waals surface area contributed by atoms with Gasteiger partial charge in [0.05, 0.1) is 12.0 Å². The van der Waals surface area contributed by atoms with Gasteiger partial charge in [0, 0.05) is 13.1 Å². The van der Waals surface area contributed by atoms with Gasteiger partial charge in [-0.3, -0.25) is 4.90 Å². The van der Waals surface area contributed by atoms with Gasteiger partial charge in [-0.25, -0.2) is 0 Å². The summed E-state index contributed by atoms with van der Waals surface area (Å²) in [5.41, 5.74) is 1.17. The molecule has 0 amide bonds. The summed E-state index contributed by atoms with van der Waals surface area (Å²) in [5.74, 6) is 0.202. The molecular formula is C13H18N2. The molecule has 1 aliphatic heterocycles. The van der Waals surface area contributed by atoms with Gasteiger partial charge in [0.25, 0.3) is 0 Å². The fourth-order valence-electron chi connectivity index (χ4n) is 1.90. The van der Waals surface area contributed by atoms with Crippen LogP contribution in [0.25, 0.3) is 0 Å². The van der Waals surface area contributed by atoms with Crippen molar-refractivity contribution in [1.29, 1.82) is 5.26 Å². The zero-order valence-corrected chi connectivity index (χ0v) is 9.15. The Morgan fingerprint density at radius 2 is 2.33 bits per heavy atom. The van der Waals surface area contributed by atoms with Crippen LogP contribution in [0.2, 0.25) is 0 Å². The maximum Gasteiger partial charge on any atom is 0.0669 e. The van der Waals surface area contributed by atoms with Crippen molar-refractivity contribution in [2.24, 2.45) is 5.92 Å². The van der Waals surface area contributed by atoms with E-state index in [9.17, 15) is 0 Å². The molecule has 1 rings (SSSR count). The van der Waals surface area contributed by atoms with E-state index in [0.717, 1.165) is 32.5 Å². The highest BCUT2D eigenvalue weighted by atomic mass is 15.1. The van der Waals surface area contributed by atoms with Crippen molar-refractivity contribution >= 4 is 0 Å². The van der Waals surface area contributed by atoms with Crippen molar-refractivity contribution in [2.75, 3.05) is 19.6 Å². The maximum absolute atomic E-state index is 8.88. The van der Waals surface area contributed by atoms with Crippen LogP contribution < -0.4 is 0 Å². The van der Waals surface area contributed by atoms with Crippen molar-refractivity contribution in [1.82, 2.24) is 4.90 Å². The van der Waals surface area contributed by atoms with E-state index in [2.05, 4.69) is 24.1 Å². The summed E-state index contributed by atoms with van der Waals surface area (Å²) in [7, 11) is 0. The van der Waals surface area contributed by atoms with E-state index in [4.69, 9.17) is 5.26 Å². The van der Waals surface area contributed by atoms with Crippen molar-refractivity contribution < 1.29 is 0 Å². The maximum atomic E-state index is 8.88. The Hall–Kier alpha value is -1.33. The second-order valence-corrected chi connectivity index (χ2v) is 3.88. The molecule has 1 saturated heterocycles. The fraction of sp³-hybridized carbons (Fsp3) is 0.462. The molecule has 0 spiro atoms. The lowest BCUT2D eigenvalue weighted by atomic mass is 9.99. The molecule has 1 fully saturated rings. The first kappa shape index (κ1) is 11.7. The number of likely N-dealkylation sites (tertiary alicyclic amines) is 1. The van der Waals surface area contributed by atoms with Crippen LogP contribution in [0.5, 0.6) is 0 Å². The van der Waals surface area contributed by atoms with E-state index in [1.807, 2.05) is 12.2 Å². The van der Waals surface area contributed by atoms with E-state index in [1.165, 1.54) is 5.57 Å². The van der Waals surface area contributed by atoms with Gasteiger partial charge in [0.1, 0.15) is 0 Å². The molecule has 1 aliphatic rings. The predicted molar refractivity (Wildman–Crippen MR) is 63.3 cm³/mol. The summed E-state index contributed by atoms with van der Waals surface area (Å²) in [4.78, 5) is 2.31. The fourth-order valence-corrected chi connectivity index (χ4v) is 1.90. The summed E-state index contributed by atoms with van der Waals surface area (Å²) >= 11 is 0. The number of hydrogen-bond donors (Lipinski definition) is 0. The Bertz CT molecular complexity index is 296. The Labute approximate surface area is 92.2 Å². The molecule has 2 nitrogen and oxygen atoms in total. The smallest absolute Gasteiger partial charge is 0.0669 e. The summed E-state index contributed by atoms with van der Waals surface area (Å²) in [6.07, 6.45) is 7.78. The first-order valence-corrected chi connectivity index (χ1v) is 5.36. The normalized spacial score (nSPS) is 23.1. The third-order valence-electron chi connectivity index (χ3n) is 2.69. The number of hydrogen-bond acceptors (Lipinski definition) is 2. The van der Waals surface area contributed by atoms with Crippen LogP contribution in [0.4, 0.5) is 0 Å². The standard InChI is InChI=1S/C13H18N2/c1-3-6-12(4-2)10-15-8-5-7-13(9-14)11-15/h3-4,6,13H,1-2,5,7-8,10-11H2/b12-6+. The third kappa shape index (κ3) is 3.73. The third-order valence-corrected chi connectivity index (χ3v) is 2.69. The number of nitrogens with zero attached hydrogens (tertiary/aromatic N) is 2. The van der Waals surface area contributed by atoms with E-state index < -0.39 is 0 Å². The van der Waals surface area contributed by atoms with Crippen molar-refractivity contribution in [3.05, 3.63) is 37.0 Å². The average Bonchev–Trinajstić information content (AvgIpc) is 2.29. The van der Waals surface area contributed by atoms with Crippen LogP contribution >= 0.6 is 0 Å². The summed E-state index contributed by atoms with van der Waals surface area (Å²) in [6, 6.07) is 2.35. The number of piperidine rings is 1. The van der Waals surface area contributed by atoms with Gasteiger partial charge in [0.2, 0.25) is 0 Å². The lowest BCUT2D eigenvalue weighted by Crippen LogP contribution is -2.35. The highest BCUT2D eigenvalue weighted by molar-refractivity contribution is 5.22. The number of allylic oxidation sites excluding steroid dienone is 2. The molecule has 1 heterocycles. The van der Waals surface area contributed by atoms with Crippen LogP contribution in [0.15, 0.2) is 37.0 Å². The van der Waals surface area contributed by atoms with E-state index in [1.54, 1.807) is 6.08 Å². The SMILES string of the molecule is C=C/C=C(\C=C)CN1CCCC(C#N)C1. The molecule has 80 valence electrons. The molecule has 1 unspecified atom stereocenters. The van der Waals surface area contributed by atoms with E-state index in [-0.39, 0.29) is 5.92 Å². The van der Waals surface area contributed by atoms with Gasteiger partial charge in [-0.1, -0.05) is 31.4 Å². The largest absolute Gasteiger partial charge is 0.298 e. The summed E-state index contributed by atoms with van der Waals surface area (Å²) in [6.45, 7) is 10.3. The number of rotatable bonds is 4. The molecule has 0 saturated carbocycles. The zero-order valence-electron chi connectivity index (χ0n) is 9.15. The van der Waals surface area contributed by atoms with Gasteiger partial charge in [-0.2, -0.15) is 5.26 Å². The molecule has 2 heteroatoms. The minimum absolute atomic E-state index is 0.202. The molecule has 1 atom stereocenters. The zero-order chi connectivity index (χ0) is 11.1. The molecule has 0 aliphatic carbocycles. The predicted octanol–water partition coefficient (Wildman–Crippen LogP) is 2.52. The Kier molecular flexibility index (Phi) is 4.86. The first-order chi connectivity index (χ1) is 7.30. The molecule has 0 bridgehead atoms. The average molecular weight is 202 g/mol.